The first kappa shape index (κ1) is 9.71. The van der Waals surface area contributed by atoms with Gasteiger partial charge >= 0.3 is 0 Å². The molecular formula is C15H13N3. The lowest BCUT2D eigenvalue weighted by atomic mass is 10.2. The lowest BCUT2D eigenvalue weighted by Gasteiger charge is -1.97. The highest BCUT2D eigenvalue weighted by atomic mass is 15.2. The van der Waals surface area contributed by atoms with Crippen LogP contribution in [-0.4, -0.2) is 14.0 Å². The molecule has 0 aliphatic carbocycles. The van der Waals surface area contributed by atoms with Crippen molar-refractivity contribution in [3.63, 3.8) is 0 Å². The van der Waals surface area contributed by atoms with Crippen LogP contribution in [0.3, 0.4) is 0 Å². The van der Waals surface area contributed by atoms with Gasteiger partial charge in [-0.25, -0.2) is 4.98 Å². The Labute approximate surface area is 104 Å². The number of fused-ring (bicyclic) bond motifs is 5. The van der Waals surface area contributed by atoms with Crippen LogP contribution in [0, 0.1) is 6.92 Å². The van der Waals surface area contributed by atoms with Crippen LogP contribution >= 0.6 is 0 Å². The SMILES string of the molecule is Cc1ccc2c(c1)n(C)c1nc3ccccc3n21. The Hall–Kier alpha value is -2.29. The van der Waals surface area contributed by atoms with Gasteiger partial charge in [-0.1, -0.05) is 18.2 Å². The highest BCUT2D eigenvalue weighted by Gasteiger charge is 2.12. The summed E-state index contributed by atoms with van der Waals surface area (Å²) in [5, 5.41) is 0. The van der Waals surface area contributed by atoms with Gasteiger partial charge in [0.05, 0.1) is 22.1 Å². The van der Waals surface area contributed by atoms with Crippen molar-refractivity contribution in [2.24, 2.45) is 7.05 Å². The minimum absolute atomic E-state index is 0.997. The maximum Gasteiger partial charge on any atom is 0.215 e. The van der Waals surface area contributed by atoms with E-state index in [-0.39, 0.29) is 0 Å². The Bertz CT molecular complexity index is 896. The van der Waals surface area contributed by atoms with Gasteiger partial charge in [0.25, 0.3) is 0 Å². The molecule has 0 saturated heterocycles. The summed E-state index contributed by atoms with van der Waals surface area (Å²) < 4.78 is 4.38. The highest BCUT2D eigenvalue weighted by molar-refractivity contribution is 5.90. The summed E-state index contributed by atoms with van der Waals surface area (Å²) in [4.78, 5) is 4.71. The number of rotatable bonds is 0. The summed E-state index contributed by atoms with van der Waals surface area (Å²) in [6, 6.07) is 14.8. The van der Waals surface area contributed by atoms with Gasteiger partial charge in [0.1, 0.15) is 0 Å². The topological polar surface area (TPSA) is 22.2 Å². The number of para-hydroxylation sites is 2. The number of aromatic nitrogens is 3. The Kier molecular flexibility index (Phi) is 1.69. The zero-order chi connectivity index (χ0) is 12.3. The number of aryl methyl sites for hydroxylation is 2. The van der Waals surface area contributed by atoms with Crippen LogP contribution in [-0.2, 0) is 7.05 Å². The maximum absolute atomic E-state index is 4.71. The third-order valence-electron chi connectivity index (χ3n) is 3.58. The standard InChI is InChI=1S/C15H13N3/c1-10-7-8-13-14(9-10)17(2)15-16-11-5-3-4-6-12(11)18(13)15/h3-9H,1-2H3. The smallest absolute Gasteiger partial charge is 0.215 e. The fourth-order valence-electron chi connectivity index (χ4n) is 2.67. The molecule has 4 aromatic rings. The largest absolute Gasteiger partial charge is 0.313 e. The lowest BCUT2D eigenvalue weighted by Crippen LogP contribution is -1.88. The molecule has 0 fully saturated rings. The molecule has 0 atom stereocenters. The van der Waals surface area contributed by atoms with Crippen molar-refractivity contribution in [1.82, 2.24) is 14.0 Å². The predicted molar refractivity (Wildman–Crippen MR) is 73.9 cm³/mol. The first-order chi connectivity index (χ1) is 8.75. The van der Waals surface area contributed by atoms with Gasteiger partial charge in [-0.15, -0.1) is 0 Å². The van der Waals surface area contributed by atoms with E-state index in [0.717, 1.165) is 11.3 Å². The van der Waals surface area contributed by atoms with Gasteiger partial charge in [-0.2, -0.15) is 0 Å². The third kappa shape index (κ3) is 1.06. The first-order valence-corrected chi connectivity index (χ1v) is 6.08. The minimum atomic E-state index is 0.997. The quantitative estimate of drug-likeness (QED) is 0.458. The fourth-order valence-corrected chi connectivity index (χ4v) is 2.67. The molecule has 0 amide bonds. The number of imidazole rings is 2. The van der Waals surface area contributed by atoms with Crippen LogP contribution in [0.25, 0.3) is 27.8 Å². The number of nitrogens with zero attached hydrogens (tertiary/aromatic N) is 3. The van der Waals surface area contributed by atoms with E-state index in [4.69, 9.17) is 4.98 Å². The normalized spacial score (nSPS) is 11.9. The molecule has 0 bridgehead atoms. The van der Waals surface area contributed by atoms with Gasteiger partial charge in [-0.3, -0.25) is 4.40 Å². The second kappa shape index (κ2) is 3.13. The Balaban J connectivity index is 2.35. The van der Waals surface area contributed by atoms with Crippen molar-refractivity contribution in [1.29, 1.82) is 0 Å². The first-order valence-electron chi connectivity index (χ1n) is 6.08. The predicted octanol–water partition coefficient (Wildman–Crippen LogP) is 3.29. The summed E-state index contributed by atoms with van der Waals surface area (Å²) in [5.41, 5.74) is 5.93. The van der Waals surface area contributed by atoms with E-state index in [1.807, 2.05) is 6.07 Å². The number of benzene rings is 2. The Morgan fingerprint density at radius 1 is 0.944 bits per heavy atom. The average Bonchev–Trinajstić information content (AvgIpc) is 2.87. The zero-order valence-electron chi connectivity index (χ0n) is 10.4. The monoisotopic (exact) mass is 235 g/mol. The molecule has 0 aliphatic heterocycles. The summed E-state index contributed by atoms with van der Waals surface area (Å²) in [5.74, 6) is 0.997. The van der Waals surface area contributed by atoms with Crippen molar-refractivity contribution >= 4 is 27.8 Å². The van der Waals surface area contributed by atoms with Gasteiger partial charge < -0.3 is 4.57 Å². The Morgan fingerprint density at radius 3 is 2.67 bits per heavy atom. The number of hydrogen-bond acceptors (Lipinski definition) is 1. The van der Waals surface area contributed by atoms with Crippen LogP contribution < -0.4 is 0 Å². The maximum atomic E-state index is 4.71. The molecule has 88 valence electrons. The molecule has 2 aromatic carbocycles. The van der Waals surface area contributed by atoms with E-state index < -0.39 is 0 Å². The molecule has 0 radical (unpaired) electrons. The molecule has 3 nitrogen and oxygen atoms in total. The van der Waals surface area contributed by atoms with Crippen LogP contribution in [0.15, 0.2) is 42.5 Å². The molecule has 0 spiro atoms. The molecule has 2 aromatic heterocycles. The van der Waals surface area contributed by atoms with E-state index >= 15 is 0 Å². The van der Waals surface area contributed by atoms with E-state index in [1.165, 1.54) is 22.1 Å². The fraction of sp³-hybridized carbons (Fsp3) is 0.133. The molecule has 0 aliphatic rings. The van der Waals surface area contributed by atoms with Crippen molar-refractivity contribution in [3.8, 4) is 0 Å². The molecular weight excluding hydrogens is 222 g/mol. The second-order valence-corrected chi connectivity index (χ2v) is 4.79. The summed E-state index contributed by atoms with van der Waals surface area (Å²) in [6.07, 6.45) is 0. The van der Waals surface area contributed by atoms with Gasteiger partial charge in [0, 0.05) is 7.05 Å². The van der Waals surface area contributed by atoms with Crippen LogP contribution in [0.1, 0.15) is 5.56 Å². The van der Waals surface area contributed by atoms with E-state index in [2.05, 4.69) is 59.3 Å². The van der Waals surface area contributed by atoms with Gasteiger partial charge in [0.2, 0.25) is 5.78 Å². The van der Waals surface area contributed by atoms with Gasteiger partial charge in [-0.05, 0) is 36.8 Å². The van der Waals surface area contributed by atoms with E-state index in [9.17, 15) is 0 Å². The van der Waals surface area contributed by atoms with E-state index in [0.29, 0.717) is 0 Å². The molecule has 18 heavy (non-hydrogen) atoms. The van der Waals surface area contributed by atoms with Crippen LogP contribution in [0.4, 0.5) is 0 Å². The molecule has 0 N–H and O–H groups in total. The second-order valence-electron chi connectivity index (χ2n) is 4.79. The van der Waals surface area contributed by atoms with Crippen molar-refractivity contribution < 1.29 is 0 Å². The average molecular weight is 235 g/mol. The number of hydrogen-bond donors (Lipinski definition) is 0. The summed E-state index contributed by atoms with van der Waals surface area (Å²) in [6.45, 7) is 2.12. The van der Waals surface area contributed by atoms with Crippen LogP contribution in [0.2, 0.25) is 0 Å². The van der Waals surface area contributed by atoms with Crippen molar-refractivity contribution in [3.05, 3.63) is 48.0 Å². The van der Waals surface area contributed by atoms with E-state index in [1.54, 1.807) is 0 Å². The molecule has 4 rings (SSSR count). The van der Waals surface area contributed by atoms with Crippen LogP contribution in [0.5, 0.6) is 0 Å². The zero-order valence-corrected chi connectivity index (χ0v) is 10.4. The van der Waals surface area contributed by atoms with Crippen molar-refractivity contribution in [2.45, 2.75) is 6.92 Å². The molecule has 0 saturated carbocycles. The summed E-state index contributed by atoms with van der Waals surface area (Å²) in [7, 11) is 2.07. The van der Waals surface area contributed by atoms with Gasteiger partial charge in [0.15, 0.2) is 0 Å². The molecule has 3 heteroatoms. The molecule has 2 heterocycles. The summed E-state index contributed by atoms with van der Waals surface area (Å²) >= 11 is 0. The Morgan fingerprint density at radius 2 is 1.78 bits per heavy atom. The lowest BCUT2D eigenvalue weighted by molar-refractivity contribution is 0.973. The van der Waals surface area contributed by atoms with Crippen molar-refractivity contribution in [2.75, 3.05) is 0 Å². The minimum Gasteiger partial charge on any atom is -0.313 e. The highest BCUT2D eigenvalue weighted by Crippen LogP contribution is 2.25. The third-order valence-corrected chi connectivity index (χ3v) is 3.58. The molecule has 0 unspecified atom stereocenters.